The predicted octanol–water partition coefficient (Wildman–Crippen LogP) is 4.56. The standard InChI is InChI=1S/C18H17F3N2O2S/c1-10-8-11(2)15-13(9-10)14(5-7-25-15)23-16(24)12-4-3-6-22-17(12)26-18(19,20)21/h3-4,6,8-9,14H,5,7H2,1-2H3,(H,23,24). The van der Waals surface area contributed by atoms with Crippen LogP contribution in [0.25, 0.3) is 0 Å². The summed E-state index contributed by atoms with van der Waals surface area (Å²) >= 11 is -0.388. The van der Waals surface area contributed by atoms with Crippen LogP contribution in [0.3, 0.4) is 0 Å². The molecule has 1 aliphatic heterocycles. The SMILES string of the molecule is Cc1cc(C)c2c(c1)C(NC(=O)c1cccnc1SC(F)(F)F)CCO2. The van der Waals surface area contributed by atoms with Gasteiger partial charge in [0.2, 0.25) is 0 Å². The van der Waals surface area contributed by atoms with Crippen molar-refractivity contribution in [2.24, 2.45) is 0 Å². The summed E-state index contributed by atoms with van der Waals surface area (Å²) in [5, 5.41) is 2.48. The van der Waals surface area contributed by atoms with Crippen LogP contribution in [0.4, 0.5) is 13.2 Å². The minimum absolute atomic E-state index is 0.0905. The summed E-state index contributed by atoms with van der Waals surface area (Å²) in [5.41, 5.74) is -1.76. The van der Waals surface area contributed by atoms with Crippen molar-refractivity contribution in [2.45, 2.75) is 36.8 Å². The van der Waals surface area contributed by atoms with E-state index in [1.807, 2.05) is 26.0 Å². The van der Waals surface area contributed by atoms with Gasteiger partial charge in [0.1, 0.15) is 10.8 Å². The lowest BCUT2D eigenvalue weighted by Crippen LogP contribution is -2.33. The van der Waals surface area contributed by atoms with E-state index in [1.165, 1.54) is 18.3 Å². The van der Waals surface area contributed by atoms with Gasteiger partial charge in [-0.25, -0.2) is 4.98 Å². The lowest BCUT2D eigenvalue weighted by Gasteiger charge is -2.28. The molecule has 1 atom stereocenters. The van der Waals surface area contributed by atoms with E-state index >= 15 is 0 Å². The zero-order valence-electron chi connectivity index (χ0n) is 14.2. The summed E-state index contributed by atoms with van der Waals surface area (Å²) < 4.78 is 43.8. The maximum Gasteiger partial charge on any atom is 0.447 e. The van der Waals surface area contributed by atoms with E-state index in [4.69, 9.17) is 4.74 Å². The molecule has 3 rings (SSSR count). The number of amides is 1. The number of aryl methyl sites for hydroxylation is 2. The number of thioether (sulfide) groups is 1. The van der Waals surface area contributed by atoms with Crippen molar-refractivity contribution < 1.29 is 22.7 Å². The van der Waals surface area contributed by atoms with E-state index in [0.717, 1.165) is 22.4 Å². The average Bonchev–Trinajstić information content (AvgIpc) is 2.54. The molecular formula is C18H17F3N2O2S. The molecule has 0 spiro atoms. The number of nitrogens with zero attached hydrogens (tertiary/aromatic N) is 1. The van der Waals surface area contributed by atoms with Gasteiger partial charge in [0.05, 0.1) is 18.2 Å². The molecule has 8 heteroatoms. The molecule has 0 radical (unpaired) electrons. The predicted molar refractivity (Wildman–Crippen MR) is 92.4 cm³/mol. The van der Waals surface area contributed by atoms with Crippen LogP contribution in [0.1, 0.15) is 39.5 Å². The molecule has 0 fully saturated rings. The lowest BCUT2D eigenvalue weighted by molar-refractivity contribution is -0.0329. The van der Waals surface area contributed by atoms with Crippen molar-refractivity contribution in [3.63, 3.8) is 0 Å². The third-order valence-electron chi connectivity index (χ3n) is 4.01. The van der Waals surface area contributed by atoms with Crippen molar-refractivity contribution in [1.82, 2.24) is 10.3 Å². The van der Waals surface area contributed by atoms with Gasteiger partial charge >= 0.3 is 5.51 Å². The summed E-state index contributed by atoms with van der Waals surface area (Å²) in [7, 11) is 0. The third-order valence-corrected chi connectivity index (χ3v) is 4.76. The second-order valence-electron chi connectivity index (χ2n) is 6.07. The van der Waals surface area contributed by atoms with Gasteiger partial charge in [-0.2, -0.15) is 13.2 Å². The Kier molecular flexibility index (Phi) is 5.13. The highest BCUT2D eigenvalue weighted by Gasteiger charge is 2.33. The number of fused-ring (bicyclic) bond motifs is 1. The maximum atomic E-state index is 12.7. The Morgan fingerprint density at radius 2 is 2.12 bits per heavy atom. The van der Waals surface area contributed by atoms with Crippen LogP contribution in [0.15, 0.2) is 35.5 Å². The van der Waals surface area contributed by atoms with Gasteiger partial charge in [0, 0.05) is 29.9 Å². The topological polar surface area (TPSA) is 51.2 Å². The van der Waals surface area contributed by atoms with E-state index in [1.54, 1.807) is 0 Å². The van der Waals surface area contributed by atoms with Crippen LogP contribution in [-0.2, 0) is 0 Å². The molecule has 2 heterocycles. The van der Waals surface area contributed by atoms with Crippen molar-refractivity contribution in [2.75, 3.05) is 6.61 Å². The van der Waals surface area contributed by atoms with Gasteiger partial charge in [-0.3, -0.25) is 4.79 Å². The Labute approximate surface area is 153 Å². The monoisotopic (exact) mass is 382 g/mol. The highest BCUT2D eigenvalue weighted by molar-refractivity contribution is 8.00. The van der Waals surface area contributed by atoms with Crippen molar-refractivity contribution in [3.05, 3.63) is 52.7 Å². The third kappa shape index (κ3) is 4.12. The molecule has 1 amide bonds. The Morgan fingerprint density at radius 1 is 1.35 bits per heavy atom. The number of rotatable bonds is 3. The van der Waals surface area contributed by atoms with Gasteiger partial charge in [-0.15, -0.1) is 0 Å². The van der Waals surface area contributed by atoms with Crippen LogP contribution in [0, 0.1) is 13.8 Å². The molecular weight excluding hydrogens is 365 g/mol. The quantitative estimate of drug-likeness (QED) is 0.791. The van der Waals surface area contributed by atoms with Gasteiger partial charge in [0.15, 0.2) is 0 Å². The van der Waals surface area contributed by atoms with Gasteiger partial charge in [0.25, 0.3) is 5.91 Å². The minimum Gasteiger partial charge on any atom is -0.493 e. The minimum atomic E-state index is -4.51. The highest BCUT2D eigenvalue weighted by Crippen LogP contribution is 2.38. The second-order valence-corrected chi connectivity index (χ2v) is 7.12. The molecule has 4 nitrogen and oxygen atoms in total. The van der Waals surface area contributed by atoms with Crippen molar-refractivity contribution in [1.29, 1.82) is 0 Å². The number of halogens is 3. The molecule has 1 unspecified atom stereocenters. The van der Waals surface area contributed by atoms with E-state index in [9.17, 15) is 18.0 Å². The molecule has 138 valence electrons. The second kappa shape index (κ2) is 7.19. The van der Waals surface area contributed by atoms with Crippen LogP contribution < -0.4 is 10.1 Å². The molecule has 1 aromatic carbocycles. The number of carbonyl (C=O) groups excluding carboxylic acids is 1. The van der Waals surface area contributed by atoms with E-state index < -0.39 is 11.4 Å². The summed E-state index contributed by atoms with van der Waals surface area (Å²) in [4.78, 5) is 16.3. The number of nitrogens with one attached hydrogen (secondary N) is 1. The lowest BCUT2D eigenvalue weighted by atomic mass is 9.95. The van der Waals surface area contributed by atoms with Gasteiger partial charge in [-0.05, 0) is 31.5 Å². The Hall–Kier alpha value is -2.22. The molecule has 26 heavy (non-hydrogen) atoms. The van der Waals surface area contributed by atoms with Crippen LogP contribution in [-0.4, -0.2) is 23.0 Å². The van der Waals surface area contributed by atoms with Crippen molar-refractivity contribution >= 4 is 17.7 Å². The maximum absolute atomic E-state index is 12.7. The van der Waals surface area contributed by atoms with Gasteiger partial charge < -0.3 is 10.1 Å². The molecule has 0 saturated heterocycles. The average molecular weight is 382 g/mol. The van der Waals surface area contributed by atoms with E-state index in [2.05, 4.69) is 10.3 Å². The van der Waals surface area contributed by atoms with Crippen LogP contribution >= 0.6 is 11.8 Å². The van der Waals surface area contributed by atoms with Crippen LogP contribution in [0.2, 0.25) is 0 Å². The summed E-state index contributed by atoms with van der Waals surface area (Å²) in [6.45, 7) is 4.30. The number of benzene rings is 1. The Morgan fingerprint density at radius 3 is 2.85 bits per heavy atom. The Balaban J connectivity index is 1.87. The number of carbonyl (C=O) groups is 1. The number of hydrogen-bond donors (Lipinski definition) is 1. The number of alkyl halides is 3. The fraction of sp³-hybridized carbons (Fsp3) is 0.333. The number of hydrogen-bond acceptors (Lipinski definition) is 4. The highest BCUT2D eigenvalue weighted by atomic mass is 32.2. The van der Waals surface area contributed by atoms with E-state index in [-0.39, 0.29) is 28.4 Å². The molecule has 0 saturated carbocycles. The van der Waals surface area contributed by atoms with Crippen molar-refractivity contribution in [3.8, 4) is 5.75 Å². The first-order chi connectivity index (χ1) is 12.2. The normalized spacial score (nSPS) is 16.6. The molecule has 1 aromatic heterocycles. The fourth-order valence-electron chi connectivity index (χ4n) is 3.02. The number of aromatic nitrogens is 1. The molecule has 1 N–H and O–H groups in total. The van der Waals surface area contributed by atoms with Gasteiger partial charge in [-0.1, -0.05) is 17.7 Å². The molecule has 1 aliphatic rings. The molecule has 0 aliphatic carbocycles. The first-order valence-corrected chi connectivity index (χ1v) is 8.82. The Bertz CT molecular complexity index is 840. The van der Waals surface area contributed by atoms with E-state index in [0.29, 0.717) is 13.0 Å². The zero-order chi connectivity index (χ0) is 18.9. The summed E-state index contributed by atoms with van der Waals surface area (Å²) in [6.07, 6.45) is 1.78. The first kappa shape index (κ1) is 18.6. The molecule has 2 aromatic rings. The largest absolute Gasteiger partial charge is 0.493 e. The number of ether oxygens (including phenoxy) is 1. The number of pyridine rings is 1. The smallest absolute Gasteiger partial charge is 0.447 e. The fourth-order valence-corrected chi connectivity index (χ4v) is 3.62. The first-order valence-electron chi connectivity index (χ1n) is 8.00. The van der Waals surface area contributed by atoms with Crippen LogP contribution in [0.5, 0.6) is 5.75 Å². The zero-order valence-corrected chi connectivity index (χ0v) is 15.0. The summed E-state index contributed by atoms with van der Waals surface area (Å²) in [6, 6.07) is 6.39. The summed E-state index contributed by atoms with van der Waals surface area (Å²) in [5.74, 6) is 0.144. The molecule has 0 bridgehead atoms.